The lowest BCUT2D eigenvalue weighted by atomic mass is 9.73. The summed E-state index contributed by atoms with van der Waals surface area (Å²) in [6.45, 7) is 4.30. The van der Waals surface area contributed by atoms with E-state index in [0.29, 0.717) is 6.54 Å². The lowest BCUT2D eigenvalue weighted by Crippen LogP contribution is -2.45. The quantitative estimate of drug-likeness (QED) is 0.657. The first-order chi connectivity index (χ1) is 7.75. The number of rotatable bonds is 7. The summed E-state index contributed by atoms with van der Waals surface area (Å²) in [4.78, 5) is 0. The van der Waals surface area contributed by atoms with Crippen LogP contribution in [0.4, 0.5) is 0 Å². The van der Waals surface area contributed by atoms with E-state index < -0.39 is 0 Å². The highest BCUT2D eigenvalue weighted by atomic mass is 16.5. The molecule has 0 saturated carbocycles. The highest BCUT2D eigenvalue weighted by molar-refractivity contribution is 4.89. The van der Waals surface area contributed by atoms with Gasteiger partial charge in [-0.25, -0.2) is 0 Å². The van der Waals surface area contributed by atoms with Crippen molar-refractivity contribution in [3.63, 3.8) is 0 Å². The predicted molar refractivity (Wildman–Crippen MR) is 66.3 cm³/mol. The molecule has 0 spiro atoms. The van der Waals surface area contributed by atoms with E-state index in [1.54, 1.807) is 0 Å². The SMILES string of the molecule is CCCCCCC(O)C1(CN)CCOCC1. The highest BCUT2D eigenvalue weighted by Gasteiger charge is 2.37. The third-order valence-electron chi connectivity index (χ3n) is 3.93. The maximum atomic E-state index is 10.3. The normalized spacial score (nSPS) is 21.9. The van der Waals surface area contributed by atoms with Gasteiger partial charge in [0.05, 0.1) is 6.10 Å². The zero-order chi connectivity index (χ0) is 11.9. The number of hydrogen-bond donors (Lipinski definition) is 2. The molecule has 96 valence electrons. The van der Waals surface area contributed by atoms with Crippen LogP contribution in [0.15, 0.2) is 0 Å². The van der Waals surface area contributed by atoms with Gasteiger partial charge in [0.1, 0.15) is 0 Å². The van der Waals surface area contributed by atoms with Crippen molar-refractivity contribution in [2.45, 2.75) is 58.0 Å². The minimum absolute atomic E-state index is 0.0650. The van der Waals surface area contributed by atoms with Crippen molar-refractivity contribution in [3.8, 4) is 0 Å². The molecule has 1 heterocycles. The van der Waals surface area contributed by atoms with E-state index in [2.05, 4.69) is 6.92 Å². The summed E-state index contributed by atoms with van der Waals surface area (Å²) in [5.41, 5.74) is 5.79. The van der Waals surface area contributed by atoms with E-state index in [1.165, 1.54) is 19.3 Å². The maximum Gasteiger partial charge on any atom is 0.0610 e. The number of hydrogen-bond acceptors (Lipinski definition) is 3. The monoisotopic (exact) mass is 229 g/mol. The molecule has 0 radical (unpaired) electrons. The average Bonchev–Trinajstić information content (AvgIpc) is 2.35. The third-order valence-corrected chi connectivity index (χ3v) is 3.93. The van der Waals surface area contributed by atoms with Crippen LogP contribution in [0.25, 0.3) is 0 Å². The van der Waals surface area contributed by atoms with E-state index in [-0.39, 0.29) is 11.5 Å². The van der Waals surface area contributed by atoms with E-state index in [0.717, 1.165) is 38.9 Å². The van der Waals surface area contributed by atoms with Gasteiger partial charge in [0.2, 0.25) is 0 Å². The molecule has 3 heteroatoms. The molecule has 1 rings (SSSR count). The Balaban J connectivity index is 2.33. The van der Waals surface area contributed by atoms with Gasteiger partial charge in [0.25, 0.3) is 0 Å². The fraction of sp³-hybridized carbons (Fsp3) is 1.00. The van der Waals surface area contributed by atoms with E-state index >= 15 is 0 Å². The van der Waals surface area contributed by atoms with E-state index in [9.17, 15) is 5.11 Å². The molecule has 0 aromatic rings. The predicted octanol–water partition coefficient (Wildman–Crippen LogP) is 2.07. The van der Waals surface area contributed by atoms with Crippen molar-refractivity contribution >= 4 is 0 Å². The second kappa shape index (κ2) is 7.25. The van der Waals surface area contributed by atoms with Gasteiger partial charge < -0.3 is 15.6 Å². The molecular weight excluding hydrogens is 202 g/mol. The van der Waals surface area contributed by atoms with Crippen molar-refractivity contribution in [1.82, 2.24) is 0 Å². The smallest absolute Gasteiger partial charge is 0.0610 e. The third kappa shape index (κ3) is 3.72. The summed E-state index contributed by atoms with van der Waals surface area (Å²) < 4.78 is 5.35. The highest BCUT2D eigenvalue weighted by Crippen LogP contribution is 2.35. The van der Waals surface area contributed by atoms with Crippen LogP contribution in [0.5, 0.6) is 0 Å². The molecule has 3 N–H and O–H groups in total. The van der Waals surface area contributed by atoms with Gasteiger partial charge in [-0.1, -0.05) is 32.6 Å². The number of ether oxygens (including phenoxy) is 1. The molecule has 0 amide bonds. The molecule has 16 heavy (non-hydrogen) atoms. The topological polar surface area (TPSA) is 55.5 Å². The Bertz CT molecular complexity index is 179. The number of aliphatic hydroxyl groups is 1. The van der Waals surface area contributed by atoms with Gasteiger partial charge in [0, 0.05) is 25.2 Å². The van der Waals surface area contributed by atoms with Gasteiger partial charge in [-0.3, -0.25) is 0 Å². The summed E-state index contributed by atoms with van der Waals surface area (Å²) in [5, 5.41) is 10.3. The van der Waals surface area contributed by atoms with Crippen LogP contribution >= 0.6 is 0 Å². The molecule has 0 bridgehead atoms. The second-order valence-corrected chi connectivity index (χ2v) is 5.04. The van der Waals surface area contributed by atoms with Crippen molar-refractivity contribution in [2.75, 3.05) is 19.8 Å². The molecule has 1 saturated heterocycles. The molecule has 0 aromatic heterocycles. The first kappa shape index (κ1) is 13.9. The molecular formula is C13H27NO2. The lowest BCUT2D eigenvalue weighted by Gasteiger charge is -2.40. The van der Waals surface area contributed by atoms with Crippen LogP contribution in [0.2, 0.25) is 0 Å². The summed E-state index contributed by atoms with van der Waals surface area (Å²) in [6, 6.07) is 0. The fourth-order valence-electron chi connectivity index (χ4n) is 2.52. The second-order valence-electron chi connectivity index (χ2n) is 5.04. The van der Waals surface area contributed by atoms with Crippen LogP contribution in [-0.2, 0) is 4.74 Å². The Hall–Kier alpha value is -0.120. The lowest BCUT2D eigenvalue weighted by molar-refractivity contribution is -0.0599. The van der Waals surface area contributed by atoms with Crippen LogP contribution in [0, 0.1) is 5.41 Å². The largest absolute Gasteiger partial charge is 0.392 e. The molecule has 1 fully saturated rings. The van der Waals surface area contributed by atoms with E-state index in [1.807, 2.05) is 0 Å². The molecule has 1 aliphatic heterocycles. The molecule has 0 aliphatic carbocycles. The van der Waals surface area contributed by atoms with Gasteiger partial charge in [-0.05, 0) is 19.3 Å². The maximum absolute atomic E-state index is 10.3. The van der Waals surface area contributed by atoms with Gasteiger partial charge >= 0.3 is 0 Å². The van der Waals surface area contributed by atoms with Crippen LogP contribution < -0.4 is 5.73 Å². The Kier molecular flexibility index (Phi) is 6.32. The van der Waals surface area contributed by atoms with Crippen molar-refractivity contribution < 1.29 is 9.84 Å². The number of unbranched alkanes of at least 4 members (excludes halogenated alkanes) is 3. The minimum Gasteiger partial charge on any atom is -0.392 e. The Morgan fingerprint density at radius 1 is 1.25 bits per heavy atom. The van der Waals surface area contributed by atoms with Crippen molar-refractivity contribution in [1.29, 1.82) is 0 Å². The summed E-state index contributed by atoms with van der Waals surface area (Å²) in [5.74, 6) is 0. The zero-order valence-electron chi connectivity index (χ0n) is 10.6. The van der Waals surface area contributed by atoms with Gasteiger partial charge in [0.15, 0.2) is 0 Å². The molecule has 1 unspecified atom stereocenters. The van der Waals surface area contributed by atoms with Crippen molar-refractivity contribution in [2.24, 2.45) is 11.1 Å². The molecule has 1 aliphatic rings. The first-order valence-electron chi connectivity index (χ1n) is 6.71. The van der Waals surface area contributed by atoms with Crippen molar-refractivity contribution in [3.05, 3.63) is 0 Å². The molecule has 3 nitrogen and oxygen atoms in total. The van der Waals surface area contributed by atoms with Gasteiger partial charge in [-0.15, -0.1) is 0 Å². The van der Waals surface area contributed by atoms with Crippen LogP contribution in [0.1, 0.15) is 51.9 Å². The average molecular weight is 229 g/mol. The Morgan fingerprint density at radius 3 is 2.50 bits per heavy atom. The molecule has 1 atom stereocenters. The van der Waals surface area contributed by atoms with E-state index in [4.69, 9.17) is 10.5 Å². The summed E-state index contributed by atoms with van der Waals surface area (Å²) in [6.07, 6.45) is 7.35. The fourth-order valence-corrected chi connectivity index (χ4v) is 2.52. The molecule has 0 aromatic carbocycles. The van der Waals surface area contributed by atoms with Crippen LogP contribution in [0.3, 0.4) is 0 Å². The van der Waals surface area contributed by atoms with Crippen LogP contribution in [-0.4, -0.2) is 31.0 Å². The number of nitrogens with two attached hydrogens (primary N) is 1. The Labute approximate surface area is 99.4 Å². The summed E-state index contributed by atoms with van der Waals surface area (Å²) in [7, 11) is 0. The first-order valence-corrected chi connectivity index (χ1v) is 6.71. The number of aliphatic hydroxyl groups excluding tert-OH is 1. The zero-order valence-corrected chi connectivity index (χ0v) is 10.6. The van der Waals surface area contributed by atoms with Gasteiger partial charge in [-0.2, -0.15) is 0 Å². The standard InChI is InChI=1S/C13H27NO2/c1-2-3-4-5-6-12(15)13(11-14)7-9-16-10-8-13/h12,15H,2-11,14H2,1H3. The Morgan fingerprint density at radius 2 is 1.94 bits per heavy atom. The summed E-state index contributed by atoms with van der Waals surface area (Å²) >= 11 is 0. The minimum atomic E-state index is -0.238.